The Kier molecular flexibility index (Phi) is 4.74. The van der Waals surface area contributed by atoms with Gasteiger partial charge < -0.3 is 4.74 Å². The van der Waals surface area contributed by atoms with Crippen LogP contribution in [0.3, 0.4) is 0 Å². The summed E-state index contributed by atoms with van der Waals surface area (Å²) in [5.41, 5.74) is 10.2. The van der Waals surface area contributed by atoms with Crippen LogP contribution in [0.15, 0.2) is 60.7 Å². The van der Waals surface area contributed by atoms with E-state index in [0.29, 0.717) is 5.54 Å². The first-order chi connectivity index (χ1) is 13.7. The lowest BCUT2D eigenvalue weighted by Crippen LogP contribution is -2.33. The van der Waals surface area contributed by atoms with Crippen molar-refractivity contribution in [2.45, 2.75) is 51.4 Å². The molecule has 0 heterocycles. The summed E-state index contributed by atoms with van der Waals surface area (Å²) in [6.07, 6.45) is 0. The van der Waals surface area contributed by atoms with Gasteiger partial charge in [-0.2, -0.15) is 0 Å². The Bertz CT molecular complexity index is 1070. The highest BCUT2D eigenvalue weighted by molar-refractivity contribution is 6.78. The van der Waals surface area contributed by atoms with Gasteiger partial charge in [0.2, 0.25) is 0 Å². The van der Waals surface area contributed by atoms with Gasteiger partial charge in [0.1, 0.15) is 5.75 Å². The molecule has 1 nitrogen and oxygen atoms in total. The molecule has 2 heteroatoms. The van der Waals surface area contributed by atoms with Crippen molar-refractivity contribution < 1.29 is 4.74 Å². The fraction of sp³-hybridized carbons (Fsp3) is 0.333. The Balaban J connectivity index is 2.01. The zero-order valence-electron chi connectivity index (χ0n) is 18.8. The summed E-state index contributed by atoms with van der Waals surface area (Å²) in [6, 6.07) is 22.5. The van der Waals surface area contributed by atoms with E-state index in [1.54, 1.807) is 12.7 Å². The average molecular weight is 401 g/mol. The van der Waals surface area contributed by atoms with Crippen LogP contribution < -0.4 is 4.74 Å². The van der Waals surface area contributed by atoms with E-state index in [0.717, 1.165) is 5.75 Å². The van der Waals surface area contributed by atoms with Crippen molar-refractivity contribution in [3.63, 3.8) is 0 Å². The van der Waals surface area contributed by atoms with E-state index in [-0.39, 0.29) is 5.41 Å². The van der Waals surface area contributed by atoms with E-state index in [1.807, 2.05) is 0 Å². The zero-order valence-corrected chi connectivity index (χ0v) is 19.8. The van der Waals surface area contributed by atoms with Crippen LogP contribution in [0.4, 0.5) is 0 Å². The second kappa shape index (κ2) is 6.88. The predicted octanol–water partition coefficient (Wildman–Crippen LogP) is 7.32. The minimum atomic E-state index is -1.50. The number of aryl methyl sites for hydroxylation is 1. The van der Waals surface area contributed by atoms with Crippen LogP contribution in [0.25, 0.3) is 11.1 Å². The first kappa shape index (κ1) is 20.0. The van der Waals surface area contributed by atoms with Crippen molar-refractivity contribution in [1.29, 1.82) is 0 Å². The topological polar surface area (TPSA) is 9.23 Å². The lowest BCUT2D eigenvalue weighted by Gasteiger charge is -2.35. The standard InChI is InChI=1S/C27H32OSi/c1-18-15-16-24(28-4)23(17-18)27(2,3)22-14-10-13-20-19-11-8-9-12-21(19)26(25(20)22)29(5,6)7/h8-17,26H,1-7H3. The second-order valence-electron chi connectivity index (χ2n) is 9.98. The highest BCUT2D eigenvalue weighted by Crippen LogP contribution is 2.53. The quantitative estimate of drug-likeness (QED) is 0.417. The summed E-state index contributed by atoms with van der Waals surface area (Å²) >= 11 is 0. The Morgan fingerprint density at radius 3 is 2.21 bits per heavy atom. The van der Waals surface area contributed by atoms with Crippen LogP contribution in [-0.4, -0.2) is 15.2 Å². The summed E-state index contributed by atoms with van der Waals surface area (Å²) in [4.78, 5) is 0. The SMILES string of the molecule is COc1ccc(C)cc1C(C)(C)c1cccc2c1C([Si](C)(C)C)c1ccccc1-2. The Morgan fingerprint density at radius 2 is 1.52 bits per heavy atom. The number of methoxy groups -OCH3 is 1. The van der Waals surface area contributed by atoms with E-state index in [1.165, 1.54) is 33.4 Å². The van der Waals surface area contributed by atoms with Gasteiger partial charge in [-0.05, 0) is 40.8 Å². The highest BCUT2D eigenvalue weighted by Gasteiger charge is 2.42. The molecular weight excluding hydrogens is 368 g/mol. The van der Waals surface area contributed by atoms with Crippen molar-refractivity contribution in [3.05, 3.63) is 88.5 Å². The fourth-order valence-electron chi connectivity index (χ4n) is 5.16. The molecule has 3 aromatic carbocycles. The van der Waals surface area contributed by atoms with Crippen molar-refractivity contribution in [2.24, 2.45) is 0 Å². The number of rotatable bonds is 4. The normalized spacial score (nSPS) is 15.8. The van der Waals surface area contributed by atoms with E-state index >= 15 is 0 Å². The lowest BCUT2D eigenvalue weighted by molar-refractivity contribution is 0.400. The maximum Gasteiger partial charge on any atom is 0.122 e. The zero-order chi connectivity index (χ0) is 21.0. The molecule has 4 rings (SSSR count). The van der Waals surface area contributed by atoms with Gasteiger partial charge in [-0.1, -0.05) is 93.6 Å². The Hall–Kier alpha value is -2.32. The van der Waals surface area contributed by atoms with Crippen LogP contribution in [0.5, 0.6) is 5.75 Å². The average Bonchev–Trinajstić information content (AvgIpc) is 3.02. The molecule has 29 heavy (non-hydrogen) atoms. The van der Waals surface area contributed by atoms with Crippen molar-refractivity contribution in [3.8, 4) is 16.9 Å². The number of hydrogen-bond donors (Lipinski definition) is 0. The monoisotopic (exact) mass is 400 g/mol. The molecule has 0 amide bonds. The maximum absolute atomic E-state index is 5.79. The minimum Gasteiger partial charge on any atom is -0.496 e. The van der Waals surface area contributed by atoms with Crippen LogP contribution in [-0.2, 0) is 5.41 Å². The molecule has 0 aliphatic heterocycles. The summed E-state index contributed by atoms with van der Waals surface area (Å²) < 4.78 is 5.79. The largest absolute Gasteiger partial charge is 0.496 e. The summed E-state index contributed by atoms with van der Waals surface area (Å²) in [5.74, 6) is 0.971. The third-order valence-corrected chi connectivity index (χ3v) is 8.86. The molecule has 0 spiro atoms. The molecule has 0 bridgehead atoms. The molecule has 0 radical (unpaired) electrons. The molecule has 0 saturated carbocycles. The molecule has 0 N–H and O–H groups in total. The molecule has 1 atom stereocenters. The molecule has 1 aliphatic rings. The molecule has 0 saturated heterocycles. The van der Waals surface area contributed by atoms with Crippen molar-refractivity contribution >= 4 is 8.07 Å². The third kappa shape index (κ3) is 3.14. The Labute approximate surface area is 176 Å². The van der Waals surface area contributed by atoms with Gasteiger partial charge in [0.15, 0.2) is 0 Å². The van der Waals surface area contributed by atoms with Crippen molar-refractivity contribution in [1.82, 2.24) is 0 Å². The molecule has 150 valence electrons. The summed E-state index contributed by atoms with van der Waals surface area (Å²) in [7, 11) is 0.276. The summed E-state index contributed by atoms with van der Waals surface area (Å²) in [5, 5.41) is 0. The number of hydrogen-bond acceptors (Lipinski definition) is 1. The maximum atomic E-state index is 5.79. The molecule has 0 fully saturated rings. The minimum absolute atomic E-state index is 0.150. The van der Waals surface area contributed by atoms with Gasteiger partial charge in [0.25, 0.3) is 0 Å². The van der Waals surface area contributed by atoms with Gasteiger partial charge in [-0.3, -0.25) is 0 Å². The van der Waals surface area contributed by atoms with Crippen LogP contribution in [0.2, 0.25) is 19.6 Å². The van der Waals surface area contributed by atoms with E-state index in [9.17, 15) is 0 Å². The molecule has 1 aliphatic carbocycles. The highest BCUT2D eigenvalue weighted by atomic mass is 28.3. The molecule has 1 unspecified atom stereocenters. The third-order valence-electron chi connectivity index (χ3n) is 6.52. The van der Waals surface area contributed by atoms with Gasteiger partial charge in [-0.25, -0.2) is 0 Å². The Morgan fingerprint density at radius 1 is 0.828 bits per heavy atom. The first-order valence-electron chi connectivity index (χ1n) is 10.5. The first-order valence-corrected chi connectivity index (χ1v) is 14.1. The summed E-state index contributed by atoms with van der Waals surface area (Å²) in [6.45, 7) is 14.4. The van der Waals surface area contributed by atoms with Crippen molar-refractivity contribution in [2.75, 3.05) is 7.11 Å². The predicted molar refractivity (Wildman–Crippen MR) is 127 cm³/mol. The molecule has 3 aromatic rings. The van der Waals surface area contributed by atoms with Gasteiger partial charge in [0.05, 0.1) is 15.2 Å². The molecular formula is C27H32OSi. The smallest absolute Gasteiger partial charge is 0.122 e. The van der Waals surface area contributed by atoms with Crippen LogP contribution in [0, 0.1) is 6.92 Å². The number of ether oxygens (including phenoxy) is 1. The second-order valence-corrected chi connectivity index (χ2v) is 15.3. The van der Waals surface area contributed by atoms with E-state index in [2.05, 4.69) is 101 Å². The fourth-order valence-corrected chi connectivity index (χ4v) is 7.52. The van der Waals surface area contributed by atoms with Crippen LogP contribution >= 0.6 is 0 Å². The van der Waals surface area contributed by atoms with E-state index < -0.39 is 8.07 Å². The number of benzene rings is 3. The van der Waals surface area contributed by atoms with Crippen LogP contribution in [0.1, 0.15) is 47.2 Å². The van der Waals surface area contributed by atoms with E-state index in [4.69, 9.17) is 4.74 Å². The number of fused-ring (bicyclic) bond motifs is 3. The van der Waals surface area contributed by atoms with Gasteiger partial charge >= 0.3 is 0 Å². The van der Waals surface area contributed by atoms with Gasteiger partial charge in [-0.15, -0.1) is 0 Å². The lowest BCUT2D eigenvalue weighted by atomic mass is 9.74. The molecule has 0 aromatic heterocycles. The van der Waals surface area contributed by atoms with Gasteiger partial charge in [0, 0.05) is 16.5 Å².